The molecule has 1 amide bonds. The Labute approximate surface area is 134 Å². The molecule has 0 spiro atoms. The Bertz CT molecular complexity index is 657. The van der Waals surface area contributed by atoms with E-state index in [0.29, 0.717) is 24.7 Å². The van der Waals surface area contributed by atoms with E-state index < -0.39 is 0 Å². The lowest BCUT2D eigenvalue weighted by Crippen LogP contribution is -2.48. The van der Waals surface area contributed by atoms with Crippen LogP contribution >= 0.6 is 0 Å². The van der Waals surface area contributed by atoms with Crippen LogP contribution in [0.1, 0.15) is 16.1 Å². The summed E-state index contributed by atoms with van der Waals surface area (Å²) < 4.78 is 5.04. The van der Waals surface area contributed by atoms with Crippen LogP contribution in [0.2, 0.25) is 0 Å². The lowest BCUT2D eigenvalue weighted by molar-refractivity contribution is 0.0622. The van der Waals surface area contributed by atoms with Gasteiger partial charge >= 0.3 is 0 Å². The third-order valence-corrected chi connectivity index (χ3v) is 3.86. The zero-order chi connectivity index (χ0) is 16.1. The van der Waals surface area contributed by atoms with Crippen LogP contribution in [0.15, 0.2) is 36.9 Å². The van der Waals surface area contributed by atoms with Crippen molar-refractivity contribution in [1.82, 2.24) is 24.8 Å². The molecule has 0 bridgehead atoms. The lowest BCUT2D eigenvalue weighted by Gasteiger charge is -2.34. The Kier molecular flexibility index (Phi) is 4.77. The topological polar surface area (TPSA) is 71.5 Å². The highest BCUT2D eigenvalue weighted by Gasteiger charge is 2.23. The Hall–Kier alpha value is -2.54. The minimum atomic E-state index is -0.0771. The number of hydrogen-bond acceptors (Lipinski definition) is 6. The standard InChI is InChI=1S/C16H19N5O2/c1-23-15-9-14(18-12-19-15)16(22)21-7-5-20(6-8-21)11-13-3-2-4-17-10-13/h2-4,9-10,12H,5-8,11H2,1H3. The van der Waals surface area contributed by atoms with Gasteiger partial charge in [-0.1, -0.05) is 6.07 Å². The number of methoxy groups -OCH3 is 1. The van der Waals surface area contributed by atoms with E-state index in [0.717, 1.165) is 19.6 Å². The van der Waals surface area contributed by atoms with E-state index in [-0.39, 0.29) is 5.91 Å². The first-order chi connectivity index (χ1) is 11.3. The smallest absolute Gasteiger partial charge is 0.272 e. The summed E-state index contributed by atoms with van der Waals surface area (Å²) in [5.74, 6) is 0.324. The third kappa shape index (κ3) is 3.81. The zero-order valence-corrected chi connectivity index (χ0v) is 13.1. The largest absolute Gasteiger partial charge is 0.481 e. The van der Waals surface area contributed by atoms with Crippen LogP contribution in [0.25, 0.3) is 0 Å². The zero-order valence-electron chi connectivity index (χ0n) is 13.1. The van der Waals surface area contributed by atoms with Gasteiger partial charge in [-0.2, -0.15) is 0 Å². The van der Waals surface area contributed by atoms with Gasteiger partial charge in [-0.15, -0.1) is 0 Å². The van der Waals surface area contributed by atoms with Gasteiger partial charge in [0.15, 0.2) is 0 Å². The molecule has 3 heterocycles. The minimum Gasteiger partial charge on any atom is -0.481 e. The molecule has 0 saturated carbocycles. The number of pyridine rings is 1. The van der Waals surface area contributed by atoms with Crippen LogP contribution in [0.3, 0.4) is 0 Å². The number of rotatable bonds is 4. The van der Waals surface area contributed by atoms with Crippen LogP contribution < -0.4 is 4.74 Å². The van der Waals surface area contributed by atoms with Crippen molar-refractivity contribution in [2.75, 3.05) is 33.3 Å². The van der Waals surface area contributed by atoms with E-state index in [1.807, 2.05) is 17.2 Å². The number of amides is 1. The second-order valence-corrected chi connectivity index (χ2v) is 5.38. The van der Waals surface area contributed by atoms with Crippen LogP contribution in [0.5, 0.6) is 5.88 Å². The van der Waals surface area contributed by atoms with Crippen molar-refractivity contribution in [1.29, 1.82) is 0 Å². The van der Waals surface area contributed by atoms with Crippen LogP contribution in [-0.4, -0.2) is 63.9 Å². The predicted octanol–water partition coefficient (Wildman–Crippen LogP) is 0.838. The second-order valence-electron chi connectivity index (χ2n) is 5.38. The average Bonchev–Trinajstić information content (AvgIpc) is 2.63. The molecule has 1 fully saturated rings. The van der Waals surface area contributed by atoms with Crippen molar-refractivity contribution in [2.45, 2.75) is 6.54 Å². The number of hydrogen-bond donors (Lipinski definition) is 0. The fraction of sp³-hybridized carbons (Fsp3) is 0.375. The SMILES string of the molecule is COc1cc(C(=O)N2CCN(Cc3cccnc3)CC2)ncn1. The lowest BCUT2D eigenvalue weighted by atomic mass is 10.2. The molecular weight excluding hydrogens is 294 g/mol. The van der Waals surface area contributed by atoms with Gasteiger partial charge in [0.2, 0.25) is 5.88 Å². The van der Waals surface area contributed by atoms with Crippen LogP contribution in [0, 0.1) is 0 Å². The third-order valence-electron chi connectivity index (χ3n) is 3.86. The van der Waals surface area contributed by atoms with Gasteiger partial charge in [0, 0.05) is 51.2 Å². The molecule has 0 N–H and O–H groups in total. The summed E-state index contributed by atoms with van der Waals surface area (Å²) in [5, 5.41) is 0. The van der Waals surface area contributed by atoms with E-state index in [1.54, 1.807) is 12.3 Å². The Morgan fingerprint density at radius 3 is 2.78 bits per heavy atom. The number of carbonyl (C=O) groups is 1. The Balaban J connectivity index is 1.57. The highest BCUT2D eigenvalue weighted by Crippen LogP contribution is 2.12. The minimum absolute atomic E-state index is 0.0771. The molecule has 23 heavy (non-hydrogen) atoms. The molecule has 0 aliphatic carbocycles. The molecule has 0 unspecified atom stereocenters. The summed E-state index contributed by atoms with van der Waals surface area (Å²) in [6, 6.07) is 5.58. The summed E-state index contributed by atoms with van der Waals surface area (Å²) in [7, 11) is 1.52. The molecule has 0 radical (unpaired) electrons. The molecule has 2 aromatic rings. The van der Waals surface area contributed by atoms with Crippen molar-refractivity contribution in [3.63, 3.8) is 0 Å². The number of nitrogens with zero attached hydrogens (tertiary/aromatic N) is 5. The summed E-state index contributed by atoms with van der Waals surface area (Å²) in [4.78, 5) is 28.7. The van der Waals surface area contributed by atoms with Gasteiger partial charge < -0.3 is 9.64 Å². The predicted molar refractivity (Wildman–Crippen MR) is 84.0 cm³/mol. The molecular formula is C16H19N5O2. The van der Waals surface area contributed by atoms with E-state index >= 15 is 0 Å². The molecule has 0 atom stereocenters. The quantitative estimate of drug-likeness (QED) is 0.833. The van der Waals surface area contributed by atoms with E-state index in [2.05, 4.69) is 25.9 Å². The second kappa shape index (κ2) is 7.15. The summed E-state index contributed by atoms with van der Waals surface area (Å²) in [6.45, 7) is 3.90. The molecule has 1 aliphatic rings. The summed E-state index contributed by atoms with van der Waals surface area (Å²) >= 11 is 0. The van der Waals surface area contributed by atoms with E-state index in [1.165, 1.54) is 19.0 Å². The van der Waals surface area contributed by atoms with E-state index in [4.69, 9.17) is 4.74 Å². The molecule has 1 aliphatic heterocycles. The van der Waals surface area contributed by atoms with E-state index in [9.17, 15) is 4.79 Å². The average molecular weight is 313 g/mol. The summed E-state index contributed by atoms with van der Waals surface area (Å²) in [5.41, 5.74) is 1.56. The van der Waals surface area contributed by atoms with Crippen LogP contribution in [-0.2, 0) is 6.54 Å². The Morgan fingerprint density at radius 2 is 2.09 bits per heavy atom. The molecule has 7 heteroatoms. The molecule has 0 aromatic carbocycles. The Morgan fingerprint density at radius 1 is 1.26 bits per heavy atom. The molecule has 3 rings (SSSR count). The van der Waals surface area contributed by atoms with Gasteiger partial charge in [-0.3, -0.25) is 14.7 Å². The first-order valence-corrected chi connectivity index (χ1v) is 7.53. The van der Waals surface area contributed by atoms with Gasteiger partial charge in [-0.25, -0.2) is 9.97 Å². The van der Waals surface area contributed by atoms with Gasteiger partial charge in [0.25, 0.3) is 5.91 Å². The van der Waals surface area contributed by atoms with Crippen LogP contribution in [0.4, 0.5) is 0 Å². The highest BCUT2D eigenvalue weighted by molar-refractivity contribution is 5.92. The molecule has 7 nitrogen and oxygen atoms in total. The maximum atomic E-state index is 12.5. The first kappa shape index (κ1) is 15.4. The molecule has 2 aromatic heterocycles. The number of aromatic nitrogens is 3. The van der Waals surface area contributed by atoms with Gasteiger partial charge in [-0.05, 0) is 11.6 Å². The first-order valence-electron chi connectivity index (χ1n) is 7.53. The maximum absolute atomic E-state index is 12.5. The van der Waals surface area contributed by atoms with Crippen molar-refractivity contribution < 1.29 is 9.53 Å². The molecule has 120 valence electrons. The monoisotopic (exact) mass is 313 g/mol. The van der Waals surface area contributed by atoms with Crippen molar-refractivity contribution in [2.24, 2.45) is 0 Å². The number of carbonyl (C=O) groups excluding carboxylic acids is 1. The van der Waals surface area contributed by atoms with Gasteiger partial charge in [0.05, 0.1) is 7.11 Å². The highest BCUT2D eigenvalue weighted by atomic mass is 16.5. The summed E-state index contributed by atoms with van der Waals surface area (Å²) in [6.07, 6.45) is 5.01. The van der Waals surface area contributed by atoms with Crippen molar-refractivity contribution >= 4 is 5.91 Å². The van der Waals surface area contributed by atoms with Crippen molar-refractivity contribution in [3.05, 3.63) is 48.2 Å². The number of ether oxygens (including phenoxy) is 1. The number of piperazine rings is 1. The normalized spacial score (nSPS) is 15.4. The molecule has 1 saturated heterocycles. The fourth-order valence-corrected chi connectivity index (χ4v) is 2.59. The van der Waals surface area contributed by atoms with Crippen molar-refractivity contribution in [3.8, 4) is 5.88 Å². The van der Waals surface area contributed by atoms with Gasteiger partial charge in [0.1, 0.15) is 12.0 Å². The fourth-order valence-electron chi connectivity index (χ4n) is 2.59. The maximum Gasteiger partial charge on any atom is 0.272 e.